The number of hydrogen-bond acceptors (Lipinski definition) is 9. The molecule has 0 aromatic carbocycles. The van der Waals surface area contributed by atoms with Gasteiger partial charge in [-0.25, -0.2) is 0 Å². The summed E-state index contributed by atoms with van der Waals surface area (Å²) >= 11 is 0. The zero-order valence-corrected chi connectivity index (χ0v) is 27.8. The Bertz CT molecular complexity index is 1340. The summed E-state index contributed by atoms with van der Waals surface area (Å²) in [6.45, 7) is 21.1. The first kappa shape index (κ1) is 29.9. The van der Waals surface area contributed by atoms with Gasteiger partial charge in [0.2, 0.25) is 5.79 Å². The maximum atomic E-state index is 14.7. The van der Waals surface area contributed by atoms with Crippen LogP contribution >= 0.6 is 0 Å². The van der Waals surface area contributed by atoms with E-state index in [4.69, 9.17) is 28.4 Å². The summed E-state index contributed by atoms with van der Waals surface area (Å²) in [5.41, 5.74) is -3.08. The Hall–Kier alpha value is -1.52. The van der Waals surface area contributed by atoms with Gasteiger partial charge in [-0.2, -0.15) is 0 Å². The SMILES string of the molecule is C=C1O[C@@]23O[C@@H]2[C@@H](C)[C@H]2[C@@H]([C@H](OC)[C@H]4C5C([C@H](C)[C@H](C)[C@]24C)[C@]2(C)[C@H](C[C@@H]4O[C@@H]4[C@@H]2OC(C)=O)C(=O)[C@@H]5OC)[C@@]3(C)[C@]1(C)O. The number of methoxy groups -OCH3 is 2. The molecule has 8 rings (SSSR count). The Kier molecular flexibility index (Phi) is 5.76. The molecular weight excluding hydrogens is 564 g/mol. The highest BCUT2D eigenvalue weighted by atomic mass is 16.8. The van der Waals surface area contributed by atoms with Crippen LogP contribution < -0.4 is 0 Å². The quantitative estimate of drug-likeness (QED) is 0.375. The molecule has 8 fully saturated rings. The molecule has 244 valence electrons. The summed E-state index contributed by atoms with van der Waals surface area (Å²) < 4.78 is 38.1. The van der Waals surface area contributed by atoms with Gasteiger partial charge in [-0.05, 0) is 61.2 Å². The van der Waals surface area contributed by atoms with E-state index in [0.29, 0.717) is 12.2 Å². The number of carbonyl (C=O) groups excluding carboxylic acids is 2. The van der Waals surface area contributed by atoms with Gasteiger partial charge in [0, 0.05) is 44.3 Å². The van der Waals surface area contributed by atoms with E-state index < -0.39 is 34.4 Å². The van der Waals surface area contributed by atoms with Gasteiger partial charge in [-0.15, -0.1) is 0 Å². The van der Waals surface area contributed by atoms with Gasteiger partial charge in [0.15, 0.2) is 5.78 Å². The first-order valence-corrected chi connectivity index (χ1v) is 16.7. The van der Waals surface area contributed by atoms with E-state index >= 15 is 0 Å². The first-order chi connectivity index (χ1) is 20.5. The lowest BCUT2D eigenvalue weighted by molar-refractivity contribution is -0.238. The zero-order valence-electron chi connectivity index (χ0n) is 27.8. The van der Waals surface area contributed by atoms with E-state index in [0.717, 1.165) is 0 Å². The highest BCUT2D eigenvalue weighted by Crippen LogP contribution is 2.82. The average molecular weight is 615 g/mol. The number of Topliss-reactive ketones (excluding diaryl/α,β-unsaturated/α-hetero) is 1. The van der Waals surface area contributed by atoms with Crippen molar-refractivity contribution in [2.45, 2.75) is 110 Å². The summed E-state index contributed by atoms with van der Waals surface area (Å²) in [6.07, 6.45) is -1.24. The second-order valence-corrected chi connectivity index (χ2v) is 16.6. The van der Waals surface area contributed by atoms with Gasteiger partial charge in [0.05, 0.1) is 17.6 Å². The van der Waals surface area contributed by atoms with Crippen LogP contribution in [0, 0.1) is 69.5 Å². The standard InChI is InChI=1S/C35H50O9/c1-13-15(3)31(6)22-14(2)29-35(44-29)33(8,34(9,38)16(4)43-35)24(22)28(40-11)23(31)20-21(13)32(7)18(25(37)27(20)39-10)12-19-26(42-19)30(32)41-17(5)36/h13-15,18-24,26-30,38H,4,12H2,1-3,5-11H3/t13-,14+,15+,18-,19+,20?,21?,22+,23-,24+,26+,27-,28-,29-,30+,31-,32+,33+,34-,35-/m1/s1. The van der Waals surface area contributed by atoms with Gasteiger partial charge >= 0.3 is 5.97 Å². The smallest absolute Gasteiger partial charge is 0.303 e. The van der Waals surface area contributed by atoms with Gasteiger partial charge in [0.25, 0.3) is 0 Å². The number of fused-ring (bicyclic) bond motifs is 9. The van der Waals surface area contributed by atoms with Crippen LogP contribution in [0.2, 0.25) is 0 Å². The summed E-state index contributed by atoms with van der Waals surface area (Å²) in [7, 11) is 3.43. The predicted octanol–water partition coefficient (Wildman–Crippen LogP) is 3.76. The Morgan fingerprint density at radius 2 is 1.66 bits per heavy atom. The number of epoxide rings is 2. The van der Waals surface area contributed by atoms with Crippen molar-refractivity contribution >= 4 is 11.8 Å². The van der Waals surface area contributed by atoms with Crippen LogP contribution in [-0.4, -0.2) is 79.1 Å². The van der Waals surface area contributed by atoms with E-state index in [9.17, 15) is 14.7 Å². The molecule has 5 aliphatic carbocycles. The molecule has 0 aromatic rings. The molecule has 9 heteroatoms. The average Bonchev–Trinajstić information content (AvgIpc) is 3.85. The minimum absolute atomic E-state index is 0.00804. The molecule has 8 aliphatic rings. The van der Waals surface area contributed by atoms with E-state index in [1.807, 2.05) is 6.92 Å². The Balaban J connectivity index is 1.34. The van der Waals surface area contributed by atoms with Crippen LogP contribution in [0.15, 0.2) is 12.3 Å². The molecule has 3 aliphatic heterocycles. The van der Waals surface area contributed by atoms with E-state index in [1.165, 1.54) is 6.92 Å². The third-order valence-electron chi connectivity index (χ3n) is 15.8. The summed E-state index contributed by atoms with van der Waals surface area (Å²) in [5, 5.41) is 12.2. The molecule has 0 radical (unpaired) electrons. The molecular formula is C35H50O9. The normalized spacial score (nSPS) is 64.3. The van der Waals surface area contributed by atoms with Crippen LogP contribution in [0.3, 0.4) is 0 Å². The fourth-order valence-corrected chi connectivity index (χ4v) is 13.7. The van der Waals surface area contributed by atoms with Gasteiger partial charge in [0.1, 0.15) is 35.8 Å². The summed E-state index contributed by atoms with van der Waals surface area (Å²) in [6, 6.07) is 0. The molecule has 3 saturated heterocycles. The molecule has 3 heterocycles. The van der Waals surface area contributed by atoms with Crippen molar-refractivity contribution in [1.82, 2.24) is 0 Å². The maximum Gasteiger partial charge on any atom is 0.303 e. The highest BCUT2D eigenvalue weighted by Gasteiger charge is 2.91. The highest BCUT2D eigenvalue weighted by molar-refractivity contribution is 5.88. The number of esters is 1. The van der Waals surface area contributed by atoms with Crippen molar-refractivity contribution in [3.63, 3.8) is 0 Å². The minimum atomic E-state index is -1.35. The van der Waals surface area contributed by atoms with Crippen molar-refractivity contribution in [3.05, 3.63) is 12.3 Å². The zero-order chi connectivity index (χ0) is 31.8. The molecule has 44 heavy (non-hydrogen) atoms. The molecule has 20 atom stereocenters. The molecule has 1 N–H and O–H groups in total. The van der Waals surface area contributed by atoms with Crippen molar-refractivity contribution in [3.8, 4) is 0 Å². The molecule has 0 aromatic heterocycles. The lowest BCUT2D eigenvalue weighted by atomic mass is 9.38. The number of rotatable bonds is 3. The Morgan fingerprint density at radius 3 is 2.27 bits per heavy atom. The van der Waals surface area contributed by atoms with E-state index in [1.54, 1.807) is 14.2 Å². The minimum Gasteiger partial charge on any atom is -0.461 e. The van der Waals surface area contributed by atoms with Gasteiger partial charge < -0.3 is 33.5 Å². The van der Waals surface area contributed by atoms with Crippen molar-refractivity contribution < 1.29 is 43.1 Å². The largest absolute Gasteiger partial charge is 0.461 e. The van der Waals surface area contributed by atoms with E-state index in [2.05, 4.69) is 48.1 Å². The molecule has 2 unspecified atom stereocenters. The monoisotopic (exact) mass is 614 g/mol. The topological polar surface area (TPSA) is 116 Å². The van der Waals surface area contributed by atoms with Crippen LogP contribution in [0.25, 0.3) is 0 Å². The number of hydrogen-bond donors (Lipinski definition) is 1. The Labute approximate surface area is 260 Å². The molecule has 0 amide bonds. The van der Waals surface area contributed by atoms with Gasteiger partial charge in [-0.1, -0.05) is 41.2 Å². The fourth-order valence-electron chi connectivity index (χ4n) is 13.7. The second kappa shape index (κ2) is 8.49. The molecule has 5 saturated carbocycles. The number of carbonyl (C=O) groups is 2. The third kappa shape index (κ3) is 2.86. The van der Waals surface area contributed by atoms with Gasteiger partial charge in [-0.3, -0.25) is 9.59 Å². The number of ether oxygens (including phenoxy) is 6. The van der Waals surface area contributed by atoms with Crippen LogP contribution in [0.1, 0.15) is 61.8 Å². The second-order valence-electron chi connectivity index (χ2n) is 16.6. The molecule has 0 bridgehead atoms. The summed E-state index contributed by atoms with van der Waals surface area (Å²) in [4.78, 5) is 27.2. The first-order valence-electron chi connectivity index (χ1n) is 16.7. The fraction of sp³-hybridized carbons (Fsp3) is 0.886. The van der Waals surface area contributed by atoms with E-state index in [-0.39, 0.29) is 94.8 Å². The third-order valence-corrected chi connectivity index (χ3v) is 15.8. The van der Waals surface area contributed by atoms with Crippen LogP contribution in [-0.2, 0) is 38.0 Å². The van der Waals surface area contributed by atoms with Crippen LogP contribution in [0.5, 0.6) is 0 Å². The van der Waals surface area contributed by atoms with Crippen molar-refractivity contribution in [1.29, 1.82) is 0 Å². The van der Waals surface area contributed by atoms with Crippen molar-refractivity contribution in [2.24, 2.45) is 69.5 Å². The number of ketones is 1. The molecule has 1 spiro atoms. The summed E-state index contributed by atoms with van der Waals surface area (Å²) in [5.74, 6) is -0.958. The maximum absolute atomic E-state index is 14.7. The van der Waals surface area contributed by atoms with Crippen molar-refractivity contribution in [2.75, 3.05) is 14.2 Å². The van der Waals surface area contributed by atoms with Crippen LogP contribution in [0.4, 0.5) is 0 Å². The predicted molar refractivity (Wildman–Crippen MR) is 157 cm³/mol. The lowest BCUT2D eigenvalue weighted by Gasteiger charge is -2.66. The Morgan fingerprint density at radius 1 is 0.977 bits per heavy atom. The number of aliphatic hydroxyl groups is 1. The molecule has 9 nitrogen and oxygen atoms in total. The lowest BCUT2D eigenvalue weighted by Crippen LogP contribution is -2.71.